The Bertz CT molecular complexity index is 439. The second-order valence-corrected chi connectivity index (χ2v) is 5.24. The predicted molar refractivity (Wildman–Crippen MR) is 76.5 cm³/mol. The van der Waals surface area contributed by atoms with Gasteiger partial charge in [-0.2, -0.15) is 0 Å². The second kappa shape index (κ2) is 6.74. The van der Waals surface area contributed by atoms with Crippen molar-refractivity contribution in [2.75, 3.05) is 19.6 Å². The van der Waals surface area contributed by atoms with E-state index in [1.165, 1.54) is 6.42 Å². The van der Waals surface area contributed by atoms with Crippen LogP contribution in [-0.4, -0.2) is 41.6 Å². The molecule has 0 radical (unpaired) electrons. The predicted octanol–water partition coefficient (Wildman–Crippen LogP) is 1.57. The molecule has 0 aliphatic carbocycles. The first-order valence-electron chi connectivity index (χ1n) is 7.28. The normalized spacial score (nSPS) is 19.2. The molecule has 2 rings (SSSR count). The van der Waals surface area contributed by atoms with Gasteiger partial charge < -0.3 is 15.1 Å². The average molecular weight is 280 g/mol. The van der Waals surface area contributed by atoms with Gasteiger partial charge in [-0.15, -0.1) is 0 Å². The van der Waals surface area contributed by atoms with Gasteiger partial charge in [-0.05, 0) is 39.8 Å². The zero-order valence-corrected chi connectivity index (χ0v) is 12.5. The van der Waals surface area contributed by atoms with Crippen LogP contribution >= 0.6 is 0 Å². The Morgan fingerprint density at radius 3 is 2.90 bits per heavy atom. The van der Waals surface area contributed by atoms with Gasteiger partial charge in [0.2, 0.25) is 5.89 Å². The fourth-order valence-corrected chi connectivity index (χ4v) is 2.59. The molecule has 112 valence electrons. The number of oxazole rings is 1. The molecule has 0 spiro atoms. The van der Waals surface area contributed by atoms with Crippen LogP contribution in [0, 0.1) is 13.8 Å². The summed E-state index contributed by atoms with van der Waals surface area (Å²) in [5.41, 5.74) is 0.867. The van der Waals surface area contributed by atoms with E-state index in [-0.39, 0.29) is 6.03 Å². The van der Waals surface area contributed by atoms with Crippen molar-refractivity contribution >= 4 is 6.03 Å². The van der Waals surface area contributed by atoms with Crippen LogP contribution in [0.5, 0.6) is 0 Å². The maximum atomic E-state index is 11.7. The number of amides is 2. The van der Waals surface area contributed by atoms with E-state index in [0.29, 0.717) is 25.0 Å². The van der Waals surface area contributed by atoms with Crippen molar-refractivity contribution in [1.82, 2.24) is 20.5 Å². The number of aromatic nitrogens is 1. The van der Waals surface area contributed by atoms with Crippen LogP contribution in [0.2, 0.25) is 0 Å². The molecule has 0 aromatic carbocycles. The van der Waals surface area contributed by atoms with Gasteiger partial charge in [0, 0.05) is 12.6 Å². The summed E-state index contributed by atoms with van der Waals surface area (Å²) in [5, 5.41) is 5.69. The fourth-order valence-electron chi connectivity index (χ4n) is 2.59. The Balaban J connectivity index is 1.70. The summed E-state index contributed by atoms with van der Waals surface area (Å²) in [4.78, 5) is 18.4. The molecule has 1 aromatic heterocycles. The SMILES string of the molecule is CCN1CCC[C@H]1CNC(=O)NCc1nc(C)c(C)o1. The number of rotatable bonds is 5. The molecule has 1 saturated heterocycles. The number of nitrogens with zero attached hydrogens (tertiary/aromatic N) is 2. The highest BCUT2D eigenvalue weighted by atomic mass is 16.4. The van der Waals surface area contributed by atoms with Crippen molar-refractivity contribution in [1.29, 1.82) is 0 Å². The number of hydrogen-bond donors (Lipinski definition) is 2. The zero-order valence-electron chi connectivity index (χ0n) is 12.5. The summed E-state index contributed by atoms with van der Waals surface area (Å²) >= 11 is 0. The Labute approximate surface area is 119 Å². The van der Waals surface area contributed by atoms with Crippen molar-refractivity contribution in [3.8, 4) is 0 Å². The van der Waals surface area contributed by atoms with Gasteiger partial charge in [0.05, 0.1) is 12.2 Å². The van der Waals surface area contributed by atoms with Crippen molar-refractivity contribution in [2.24, 2.45) is 0 Å². The molecular formula is C14H24N4O2. The highest BCUT2D eigenvalue weighted by Crippen LogP contribution is 2.15. The molecule has 0 bridgehead atoms. The van der Waals surface area contributed by atoms with Gasteiger partial charge in [0.1, 0.15) is 5.76 Å². The quantitative estimate of drug-likeness (QED) is 0.859. The number of carbonyl (C=O) groups excluding carboxylic acids is 1. The summed E-state index contributed by atoms with van der Waals surface area (Å²) in [6.07, 6.45) is 2.38. The molecule has 6 nitrogen and oxygen atoms in total. The number of likely N-dealkylation sites (tertiary alicyclic amines) is 1. The summed E-state index contributed by atoms with van der Waals surface area (Å²) in [6.45, 7) is 9.12. The minimum atomic E-state index is -0.165. The minimum Gasteiger partial charge on any atom is -0.444 e. The highest BCUT2D eigenvalue weighted by Gasteiger charge is 2.23. The summed E-state index contributed by atoms with van der Waals surface area (Å²) in [7, 11) is 0. The second-order valence-electron chi connectivity index (χ2n) is 5.24. The number of nitrogens with one attached hydrogen (secondary N) is 2. The molecular weight excluding hydrogens is 256 g/mol. The Morgan fingerprint density at radius 1 is 1.45 bits per heavy atom. The first-order chi connectivity index (χ1) is 9.60. The van der Waals surface area contributed by atoms with Crippen LogP contribution < -0.4 is 10.6 Å². The van der Waals surface area contributed by atoms with Gasteiger partial charge in [0.15, 0.2) is 0 Å². The van der Waals surface area contributed by atoms with Crippen molar-refractivity contribution in [3.05, 3.63) is 17.3 Å². The maximum Gasteiger partial charge on any atom is 0.315 e. The van der Waals surface area contributed by atoms with E-state index >= 15 is 0 Å². The molecule has 0 saturated carbocycles. The summed E-state index contributed by atoms with van der Waals surface area (Å²) in [6, 6.07) is 0.304. The number of aryl methyl sites for hydroxylation is 2. The van der Waals surface area contributed by atoms with E-state index in [0.717, 1.165) is 31.0 Å². The van der Waals surface area contributed by atoms with Gasteiger partial charge in [-0.3, -0.25) is 4.90 Å². The maximum absolute atomic E-state index is 11.7. The van der Waals surface area contributed by atoms with E-state index in [2.05, 4.69) is 27.4 Å². The molecule has 1 aliphatic heterocycles. The largest absolute Gasteiger partial charge is 0.444 e. The molecule has 20 heavy (non-hydrogen) atoms. The minimum absolute atomic E-state index is 0.165. The molecule has 6 heteroatoms. The Kier molecular flexibility index (Phi) is 5.00. The lowest BCUT2D eigenvalue weighted by atomic mass is 10.2. The third-order valence-corrected chi connectivity index (χ3v) is 3.88. The van der Waals surface area contributed by atoms with Crippen molar-refractivity contribution in [2.45, 2.75) is 46.2 Å². The van der Waals surface area contributed by atoms with E-state index in [1.54, 1.807) is 0 Å². The molecule has 2 heterocycles. The smallest absolute Gasteiger partial charge is 0.315 e. The number of carbonyl (C=O) groups is 1. The first kappa shape index (κ1) is 14.8. The molecule has 1 aliphatic rings. The van der Waals surface area contributed by atoms with Crippen LogP contribution in [0.1, 0.15) is 37.1 Å². The Morgan fingerprint density at radius 2 is 2.25 bits per heavy atom. The highest BCUT2D eigenvalue weighted by molar-refractivity contribution is 5.73. The van der Waals surface area contributed by atoms with E-state index in [9.17, 15) is 4.79 Å². The van der Waals surface area contributed by atoms with Crippen LogP contribution in [0.3, 0.4) is 0 Å². The number of likely N-dealkylation sites (N-methyl/N-ethyl adjacent to an activating group) is 1. The van der Waals surface area contributed by atoms with Crippen LogP contribution in [0.15, 0.2) is 4.42 Å². The Hall–Kier alpha value is -1.56. The average Bonchev–Trinajstić information content (AvgIpc) is 3.01. The van der Waals surface area contributed by atoms with E-state index in [1.807, 2.05) is 13.8 Å². The van der Waals surface area contributed by atoms with Crippen molar-refractivity contribution in [3.63, 3.8) is 0 Å². The fraction of sp³-hybridized carbons (Fsp3) is 0.714. The number of urea groups is 1. The lowest BCUT2D eigenvalue weighted by molar-refractivity contribution is 0.227. The van der Waals surface area contributed by atoms with Crippen LogP contribution in [0.25, 0.3) is 0 Å². The standard InChI is InChI=1S/C14H24N4O2/c1-4-18-7-5-6-12(18)8-15-14(19)16-9-13-17-10(2)11(3)20-13/h12H,4-9H2,1-3H3,(H2,15,16,19)/t12-/m0/s1. The molecule has 1 fully saturated rings. The van der Waals surface area contributed by atoms with Crippen molar-refractivity contribution < 1.29 is 9.21 Å². The molecule has 0 unspecified atom stereocenters. The third-order valence-electron chi connectivity index (χ3n) is 3.88. The van der Waals surface area contributed by atoms with Crippen LogP contribution in [-0.2, 0) is 6.54 Å². The van der Waals surface area contributed by atoms with Gasteiger partial charge in [0.25, 0.3) is 0 Å². The van der Waals surface area contributed by atoms with Gasteiger partial charge in [-0.25, -0.2) is 9.78 Å². The topological polar surface area (TPSA) is 70.4 Å². The molecule has 1 atom stereocenters. The summed E-state index contributed by atoms with van der Waals surface area (Å²) in [5.74, 6) is 1.35. The van der Waals surface area contributed by atoms with E-state index in [4.69, 9.17) is 4.42 Å². The number of hydrogen-bond acceptors (Lipinski definition) is 4. The van der Waals surface area contributed by atoms with Gasteiger partial charge in [-0.1, -0.05) is 6.92 Å². The lowest BCUT2D eigenvalue weighted by Gasteiger charge is -2.22. The molecule has 2 amide bonds. The van der Waals surface area contributed by atoms with Crippen LogP contribution in [0.4, 0.5) is 4.79 Å². The molecule has 2 N–H and O–H groups in total. The first-order valence-corrected chi connectivity index (χ1v) is 7.28. The van der Waals surface area contributed by atoms with E-state index < -0.39 is 0 Å². The van der Waals surface area contributed by atoms with Gasteiger partial charge >= 0.3 is 6.03 Å². The monoisotopic (exact) mass is 280 g/mol. The third kappa shape index (κ3) is 3.72. The zero-order chi connectivity index (χ0) is 14.5. The summed E-state index contributed by atoms with van der Waals surface area (Å²) < 4.78 is 5.42. The molecule has 1 aromatic rings. The lowest BCUT2D eigenvalue weighted by Crippen LogP contribution is -2.43.